The summed E-state index contributed by atoms with van der Waals surface area (Å²) in [7, 11) is -1.77. The number of nitrogens with one attached hydrogen (secondary N) is 2. The van der Waals surface area contributed by atoms with Crippen LogP contribution < -0.4 is 10.0 Å². The maximum absolute atomic E-state index is 12.1. The van der Waals surface area contributed by atoms with Crippen LogP contribution in [0.1, 0.15) is 11.1 Å². The molecule has 0 unspecified atom stereocenters. The molecule has 20 heavy (non-hydrogen) atoms. The van der Waals surface area contributed by atoms with Crippen LogP contribution >= 0.6 is 0 Å². The molecule has 0 aromatic carbocycles. The summed E-state index contributed by atoms with van der Waals surface area (Å²) in [5, 5.41) is 3.00. The molecule has 7 heteroatoms. The molecule has 0 aliphatic carbocycles. The van der Waals surface area contributed by atoms with Gasteiger partial charge in [-0.3, -0.25) is 4.98 Å². The molecular formula is C13H16N4O2S. The third-order valence-corrected chi connectivity index (χ3v) is 3.99. The molecule has 0 saturated heterocycles. The first kappa shape index (κ1) is 14.6. The van der Waals surface area contributed by atoms with Gasteiger partial charge in [0.25, 0.3) is 10.0 Å². The number of hydrogen-bond donors (Lipinski definition) is 2. The first-order valence-electron chi connectivity index (χ1n) is 6.10. The summed E-state index contributed by atoms with van der Waals surface area (Å²) < 4.78 is 26.6. The van der Waals surface area contributed by atoms with Crippen molar-refractivity contribution in [2.45, 2.75) is 18.1 Å². The normalized spacial score (nSPS) is 11.4. The minimum absolute atomic E-state index is 0.0198. The second-order valence-electron chi connectivity index (χ2n) is 4.22. The number of aromatic nitrogens is 2. The Morgan fingerprint density at radius 3 is 2.40 bits per heavy atom. The van der Waals surface area contributed by atoms with Crippen molar-refractivity contribution in [3.8, 4) is 0 Å². The van der Waals surface area contributed by atoms with Crippen molar-refractivity contribution in [2.75, 3.05) is 7.05 Å². The maximum Gasteiger partial charge on any atom is 0.258 e. The summed E-state index contributed by atoms with van der Waals surface area (Å²) in [6.07, 6.45) is 4.79. The molecule has 0 bridgehead atoms. The molecule has 106 valence electrons. The van der Waals surface area contributed by atoms with Crippen molar-refractivity contribution in [2.24, 2.45) is 0 Å². The quantitative estimate of drug-likeness (QED) is 0.817. The van der Waals surface area contributed by atoms with Crippen LogP contribution in [0.5, 0.6) is 0 Å². The van der Waals surface area contributed by atoms with E-state index in [1.165, 1.54) is 6.07 Å². The van der Waals surface area contributed by atoms with Crippen LogP contribution in [0.3, 0.4) is 0 Å². The summed E-state index contributed by atoms with van der Waals surface area (Å²) in [4.78, 5) is 7.86. The minimum Gasteiger partial charge on any atom is -0.316 e. The summed E-state index contributed by atoms with van der Waals surface area (Å²) in [6.45, 7) is 0.864. The predicted octanol–water partition coefficient (Wildman–Crippen LogP) is 0.674. The van der Waals surface area contributed by atoms with Gasteiger partial charge >= 0.3 is 0 Å². The third kappa shape index (κ3) is 3.83. The lowest BCUT2D eigenvalue weighted by molar-refractivity contribution is 0.577. The molecule has 0 radical (unpaired) electrons. The van der Waals surface area contributed by atoms with Gasteiger partial charge in [0.2, 0.25) is 0 Å². The molecule has 6 nitrogen and oxygen atoms in total. The van der Waals surface area contributed by atoms with Crippen LogP contribution in [0.2, 0.25) is 0 Å². The Bertz CT molecular complexity index is 642. The molecule has 0 aliphatic rings. The van der Waals surface area contributed by atoms with Crippen LogP contribution in [0, 0.1) is 0 Å². The van der Waals surface area contributed by atoms with E-state index in [-0.39, 0.29) is 11.6 Å². The van der Waals surface area contributed by atoms with E-state index in [1.807, 2.05) is 7.05 Å². The number of nitrogens with zero attached hydrogens (tertiary/aromatic N) is 2. The Hall–Kier alpha value is -1.83. The largest absolute Gasteiger partial charge is 0.316 e. The van der Waals surface area contributed by atoms with Crippen LogP contribution in [0.4, 0.5) is 0 Å². The van der Waals surface area contributed by atoms with E-state index >= 15 is 0 Å². The van der Waals surface area contributed by atoms with Crippen molar-refractivity contribution in [3.63, 3.8) is 0 Å². The zero-order chi connectivity index (χ0) is 14.4. The monoisotopic (exact) mass is 292 g/mol. The van der Waals surface area contributed by atoms with Gasteiger partial charge in [-0.05, 0) is 36.4 Å². The highest BCUT2D eigenvalue weighted by atomic mass is 32.2. The van der Waals surface area contributed by atoms with Gasteiger partial charge < -0.3 is 5.32 Å². The Kier molecular flexibility index (Phi) is 4.78. The fourth-order valence-electron chi connectivity index (χ4n) is 1.63. The molecule has 0 atom stereocenters. The molecule has 0 fully saturated rings. The Balaban J connectivity index is 2.06. The molecule has 2 rings (SSSR count). The van der Waals surface area contributed by atoms with Gasteiger partial charge in [-0.25, -0.2) is 18.1 Å². The molecule has 0 saturated carbocycles. The van der Waals surface area contributed by atoms with Crippen molar-refractivity contribution in [3.05, 3.63) is 54.0 Å². The Labute approximate surface area is 118 Å². The summed E-state index contributed by atoms with van der Waals surface area (Å²) in [5.41, 5.74) is 1.77. The fraction of sp³-hybridized carbons (Fsp3) is 0.231. The van der Waals surface area contributed by atoms with Crippen molar-refractivity contribution >= 4 is 10.0 Å². The van der Waals surface area contributed by atoms with Crippen LogP contribution in [-0.4, -0.2) is 25.4 Å². The number of pyridine rings is 2. The lowest BCUT2D eigenvalue weighted by Gasteiger charge is -2.07. The van der Waals surface area contributed by atoms with Gasteiger partial charge in [-0.1, -0.05) is 6.07 Å². The van der Waals surface area contributed by atoms with Gasteiger partial charge in [-0.15, -0.1) is 0 Å². The molecule has 0 amide bonds. The average Bonchev–Trinajstić information content (AvgIpc) is 2.47. The predicted molar refractivity (Wildman–Crippen MR) is 75.3 cm³/mol. The van der Waals surface area contributed by atoms with Gasteiger partial charge in [0.05, 0.1) is 0 Å². The molecule has 2 heterocycles. The van der Waals surface area contributed by atoms with Gasteiger partial charge in [0, 0.05) is 31.7 Å². The Morgan fingerprint density at radius 2 is 1.80 bits per heavy atom. The van der Waals surface area contributed by atoms with Gasteiger partial charge in [0.1, 0.15) is 0 Å². The third-order valence-electron chi connectivity index (χ3n) is 2.67. The maximum atomic E-state index is 12.1. The van der Waals surface area contributed by atoms with E-state index in [2.05, 4.69) is 20.0 Å². The van der Waals surface area contributed by atoms with Crippen molar-refractivity contribution in [1.29, 1.82) is 0 Å². The van der Waals surface area contributed by atoms with Crippen molar-refractivity contribution < 1.29 is 8.42 Å². The zero-order valence-corrected chi connectivity index (χ0v) is 11.9. The van der Waals surface area contributed by atoms with Crippen molar-refractivity contribution in [1.82, 2.24) is 20.0 Å². The van der Waals surface area contributed by atoms with E-state index in [1.54, 1.807) is 36.8 Å². The second kappa shape index (κ2) is 6.56. The standard InChI is InChI=1S/C13H16N4O2S/c1-14-8-12-2-3-13(16-9-12)20(18,19)17-10-11-4-6-15-7-5-11/h2-7,9,14,17H,8,10H2,1H3. The van der Waals surface area contributed by atoms with Crippen LogP contribution in [0.25, 0.3) is 0 Å². The number of sulfonamides is 1. The first-order valence-corrected chi connectivity index (χ1v) is 7.58. The topological polar surface area (TPSA) is 84.0 Å². The lowest BCUT2D eigenvalue weighted by atomic mass is 10.3. The highest BCUT2D eigenvalue weighted by Crippen LogP contribution is 2.07. The smallest absolute Gasteiger partial charge is 0.258 e. The zero-order valence-electron chi connectivity index (χ0n) is 11.1. The van der Waals surface area contributed by atoms with E-state index < -0.39 is 10.0 Å². The average molecular weight is 292 g/mol. The first-order chi connectivity index (χ1) is 9.62. The van der Waals surface area contributed by atoms with E-state index in [0.717, 1.165) is 11.1 Å². The molecular weight excluding hydrogens is 276 g/mol. The molecule has 2 aromatic rings. The molecule has 0 spiro atoms. The summed E-state index contributed by atoms with van der Waals surface area (Å²) >= 11 is 0. The van der Waals surface area contributed by atoms with E-state index in [4.69, 9.17) is 0 Å². The SMILES string of the molecule is CNCc1ccc(S(=O)(=O)NCc2ccncc2)nc1. The highest BCUT2D eigenvalue weighted by molar-refractivity contribution is 7.89. The van der Waals surface area contributed by atoms with Crippen LogP contribution in [-0.2, 0) is 23.1 Å². The van der Waals surface area contributed by atoms with E-state index in [9.17, 15) is 8.42 Å². The molecule has 2 aromatic heterocycles. The fourth-order valence-corrected chi connectivity index (χ4v) is 2.57. The van der Waals surface area contributed by atoms with Gasteiger partial charge in [0.15, 0.2) is 5.03 Å². The Morgan fingerprint density at radius 1 is 1.05 bits per heavy atom. The van der Waals surface area contributed by atoms with Crippen LogP contribution in [0.15, 0.2) is 47.9 Å². The second-order valence-corrected chi connectivity index (χ2v) is 5.93. The van der Waals surface area contributed by atoms with E-state index in [0.29, 0.717) is 6.54 Å². The van der Waals surface area contributed by atoms with Gasteiger partial charge in [-0.2, -0.15) is 0 Å². The number of hydrogen-bond acceptors (Lipinski definition) is 5. The molecule has 0 aliphatic heterocycles. The highest BCUT2D eigenvalue weighted by Gasteiger charge is 2.14. The minimum atomic E-state index is -3.59. The summed E-state index contributed by atoms with van der Waals surface area (Å²) in [6, 6.07) is 6.75. The number of rotatable bonds is 6. The lowest BCUT2D eigenvalue weighted by Crippen LogP contribution is -2.24. The molecule has 2 N–H and O–H groups in total. The summed E-state index contributed by atoms with van der Waals surface area (Å²) in [5.74, 6) is 0.